The minimum absolute atomic E-state index is 0.0446. The minimum atomic E-state index is 0.0446. The molecule has 0 atom stereocenters. The normalized spacial score (nSPS) is 14.8. The fraction of sp³-hybridized carbons (Fsp3) is 0.208. The second-order valence-electron chi connectivity index (χ2n) is 6.86. The third-order valence-electron chi connectivity index (χ3n) is 5.11. The number of carbonyl (C=O) groups is 1. The number of carbonyl (C=O) groups excluding carboxylic acids is 1. The van der Waals surface area contributed by atoms with Gasteiger partial charge in [0.2, 0.25) is 0 Å². The van der Waals surface area contributed by atoms with Gasteiger partial charge < -0.3 is 4.90 Å². The fourth-order valence-electron chi connectivity index (χ4n) is 3.65. The largest absolute Gasteiger partial charge is 0.372 e. The number of anilines is 1. The lowest BCUT2D eigenvalue weighted by molar-refractivity contribution is 0.104. The molecule has 0 saturated carbocycles. The van der Waals surface area contributed by atoms with Crippen LogP contribution in [-0.4, -0.2) is 18.9 Å². The molecule has 3 aromatic rings. The molecule has 2 heteroatoms. The van der Waals surface area contributed by atoms with E-state index in [1.165, 1.54) is 35.7 Å². The zero-order valence-electron chi connectivity index (χ0n) is 14.9. The average Bonchev–Trinajstić information content (AvgIpc) is 2.73. The summed E-state index contributed by atoms with van der Waals surface area (Å²) in [5.41, 5.74) is 3.03. The predicted octanol–water partition coefficient (Wildman–Crippen LogP) is 5.73. The van der Waals surface area contributed by atoms with Crippen LogP contribution in [0.3, 0.4) is 0 Å². The van der Waals surface area contributed by atoms with Crippen molar-refractivity contribution in [2.45, 2.75) is 19.3 Å². The molecule has 0 bridgehead atoms. The van der Waals surface area contributed by atoms with Crippen LogP contribution >= 0.6 is 0 Å². The standard InChI is InChI=1S/C24H23NO/c26-24(16-13-20-9-6-8-19-7-2-3-10-23(19)20)21-11-14-22(15-12-21)25-17-4-1-5-18-25/h2-3,6-16H,1,4-5,17-18H2/b16-13+. The molecule has 0 aliphatic carbocycles. The lowest BCUT2D eigenvalue weighted by atomic mass is 10.0. The fourth-order valence-corrected chi connectivity index (χ4v) is 3.65. The molecule has 0 N–H and O–H groups in total. The highest BCUT2D eigenvalue weighted by Gasteiger charge is 2.11. The van der Waals surface area contributed by atoms with Gasteiger partial charge in [-0.05, 0) is 65.9 Å². The molecule has 0 unspecified atom stereocenters. The molecule has 0 radical (unpaired) electrons. The van der Waals surface area contributed by atoms with Crippen LogP contribution in [0.25, 0.3) is 16.8 Å². The van der Waals surface area contributed by atoms with E-state index in [1.54, 1.807) is 6.08 Å². The van der Waals surface area contributed by atoms with Gasteiger partial charge in [-0.1, -0.05) is 48.5 Å². The van der Waals surface area contributed by atoms with Gasteiger partial charge in [-0.3, -0.25) is 4.79 Å². The molecular formula is C24H23NO. The van der Waals surface area contributed by atoms with Crippen LogP contribution in [0.4, 0.5) is 5.69 Å². The predicted molar refractivity (Wildman–Crippen MR) is 110 cm³/mol. The minimum Gasteiger partial charge on any atom is -0.372 e. The number of nitrogens with zero attached hydrogens (tertiary/aromatic N) is 1. The Morgan fingerprint density at radius 1 is 0.808 bits per heavy atom. The van der Waals surface area contributed by atoms with E-state index in [4.69, 9.17) is 0 Å². The van der Waals surface area contributed by atoms with Gasteiger partial charge in [-0.15, -0.1) is 0 Å². The maximum atomic E-state index is 12.5. The van der Waals surface area contributed by atoms with Crippen molar-refractivity contribution in [3.63, 3.8) is 0 Å². The Hall–Kier alpha value is -2.87. The van der Waals surface area contributed by atoms with Crippen molar-refractivity contribution in [3.05, 3.63) is 83.9 Å². The van der Waals surface area contributed by atoms with E-state index in [-0.39, 0.29) is 5.78 Å². The van der Waals surface area contributed by atoms with Crippen molar-refractivity contribution in [3.8, 4) is 0 Å². The Labute approximate surface area is 154 Å². The van der Waals surface area contributed by atoms with E-state index in [2.05, 4.69) is 35.2 Å². The smallest absolute Gasteiger partial charge is 0.185 e. The second kappa shape index (κ2) is 7.57. The first kappa shape index (κ1) is 16.6. The third-order valence-corrected chi connectivity index (χ3v) is 5.11. The van der Waals surface area contributed by atoms with Gasteiger partial charge in [0.1, 0.15) is 0 Å². The molecule has 1 aliphatic heterocycles. The highest BCUT2D eigenvalue weighted by molar-refractivity contribution is 6.08. The summed E-state index contributed by atoms with van der Waals surface area (Å²) in [6.07, 6.45) is 7.44. The van der Waals surface area contributed by atoms with Crippen LogP contribution in [0.5, 0.6) is 0 Å². The molecule has 4 rings (SSSR count). The van der Waals surface area contributed by atoms with Crippen molar-refractivity contribution in [2.75, 3.05) is 18.0 Å². The third kappa shape index (κ3) is 3.55. The maximum absolute atomic E-state index is 12.5. The summed E-state index contributed by atoms with van der Waals surface area (Å²) in [6, 6.07) is 22.4. The summed E-state index contributed by atoms with van der Waals surface area (Å²) in [4.78, 5) is 14.9. The number of rotatable bonds is 4. The van der Waals surface area contributed by atoms with Crippen LogP contribution in [0.15, 0.2) is 72.8 Å². The van der Waals surface area contributed by atoms with Gasteiger partial charge in [0.15, 0.2) is 5.78 Å². The molecule has 1 fully saturated rings. The molecule has 0 amide bonds. The second-order valence-corrected chi connectivity index (χ2v) is 6.86. The molecule has 0 spiro atoms. The average molecular weight is 341 g/mol. The lowest BCUT2D eigenvalue weighted by Gasteiger charge is -2.28. The van der Waals surface area contributed by atoms with E-state index in [9.17, 15) is 4.79 Å². The molecule has 1 heterocycles. The Bertz CT molecular complexity index is 929. The molecule has 2 nitrogen and oxygen atoms in total. The zero-order valence-corrected chi connectivity index (χ0v) is 14.9. The molecule has 1 aliphatic rings. The first-order chi connectivity index (χ1) is 12.8. The summed E-state index contributed by atoms with van der Waals surface area (Å²) < 4.78 is 0. The molecule has 130 valence electrons. The molecule has 26 heavy (non-hydrogen) atoms. The Balaban J connectivity index is 1.51. The van der Waals surface area contributed by atoms with Crippen molar-refractivity contribution in [1.29, 1.82) is 0 Å². The molecular weight excluding hydrogens is 318 g/mol. The van der Waals surface area contributed by atoms with Gasteiger partial charge in [0, 0.05) is 24.3 Å². The van der Waals surface area contributed by atoms with Crippen LogP contribution in [0.2, 0.25) is 0 Å². The van der Waals surface area contributed by atoms with E-state index < -0.39 is 0 Å². The number of allylic oxidation sites excluding steroid dienone is 1. The molecule has 0 aromatic heterocycles. The summed E-state index contributed by atoms with van der Waals surface area (Å²) in [6.45, 7) is 2.24. The molecule has 1 saturated heterocycles. The zero-order chi connectivity index (χ0) is 17.8. The lowest BCUT2D eigenvalue weighted by Crippen LogP contribution is -2.29. The summed E-state index contributed by atoms with van der Waals surface area (Å²) in [7, 11) is 0. The number of piperidine rings is 1. The number of benzene rings is 3. The summed E-state index contributed by atoms with van der Waals surface area (Å²) in [5.74, 6) is 0.0446. The first-order valence-corrected chi connectivity index (χ1v) is 9.36. The van der Waals surface area contributed by atoms with Crippen LogP contribution in [0.1, 0.15) is 35.2 Å². The van der Waals surface area contributed by atoms with Crippen molar-refractivity contribution < 1.29 is 4.79 Å². The number of fused-ring (bicyclic) bond motifs is 1. The van der Waals surface area contributed by atoms with Gasteiger partial charge in [0.05, 0.1) is 0 Å². The number of hydrogen-bond donors (Lipinski definition) is 0. The van der Waals surface area contributed by atoms with E-state index >= 15 is 0 Å². The van der Waals surface area contributed by atoms with Gasteiger partial charge in [-0.25, -0.2) is 0 Å². The van der Waals surface area contributed by atoms with E-state index in [1.807, 2.05) is 42.5 Å². The van der Waals surface area contributed by atoms with Crippen molar-refractivity contribution in [1.82, 2.24) is 0 Å². The van der Waals surface area contributed by atoms with E-state index in [0.717, 1.165) is 24.2 Å². The monoisotopic (exact) mass is 341 g/mol. The number of hydrogen-bond acceptors (Lipinski definition) is 2. The van der Waals surface area contributed by atoms with Crippen LogP contribution in [-0.2, 0) is 0 Å². The first-order valence-electron chi connectivity index (χ1n) is 9.36. The Morgan fingerprint density at radius 3 is 2.35 bits per heavy atom. The van der Waals surface area contributed by atoms with Crippen molar-refractivity contribution >= 4 is 28.3 Å². The topological polar surface area (TPSA) is 20.3 Å². The SMILES string of the molecule is O=C(/C=C/c1cccc2ccccc12)c1ccc(N2CCCCC2)cc1. The Kier molecular flexibility index (Phi) is 4.83. The summed E-state index contributed by atoms with van der Waals surface area (Å²) >= 11 is 0. The highest BCUT2D eigenvalue weighted by atomic mass is 16.1. The highest BCUT2D eigenvalue weighted by Crippen LogP contribution is 2.22. The number of ketones is 1. The maximum Gasteiger partial charge on any atom is 0.185 e. The Morgan fingerprint density at radius 2 is 1.54 bits per heavy atom. The van der Waals surface area contributed by atoms with Crippen molar-refractivity contribution in [2.24, 2.45) is 0 Å². The van der Waals surface area contributed by atoms with E-state index in [0.29, 0.717) is 0 Å². The van der Waals surface area contributed by atoms with Gasteiger partial charge in [0.25, 0.3) is 0 Å². The van der Waals surface area contributed by atoms with Gasteiger partial charge >= 0.3 is 0 Å². The van der Waals surface area contributed by atoms with Gasteiger partial charge in [-0.2, -0.15) is 0 Å². The summed E-state index contributed by atoms with van der Waals surface area (Å²) in [5, 5.41) is 2.35. The molecule has 3 aromatic carbocycles. The quantitative estimate of drug-likeness (QED) is 0.446. The van der Waals surface area contributed by atoms with Crippen LogP contribution in [0, 0.1) is 0 Å². The van der Waals surface area contributed by atoms with Crippen LogP contribution < -0.4 is 4.90 Å².